The van der Waals surface area contributed by atoms with E-state index in [1.807, 2.05) is 24.3 Å². The predicted octanol–water partition coefficient (Wildman–Crippen LogP) is 5.07. The lowest BCUT2D eigenvalue weighted by molar-refractivity contribution is 0.628. The second-order valence-corrected chi connectivity index (χ2v) is 5.51. The van der Waals surface area contributed by atoms with Gasteiger partial charge in [-0.15, -0.1) is 0 Å². The number of rotatable bonds is 2. The first-order valence-corrected chi connectivity index (χ1v) is 7.60. The van der Waals surface area contributed by atoms with Crippen LogP contribution in [0.2, 0.25) is 5.02 Å². The van der Waals surface area contributed by atoms with E-state index in [-0.39, 0.29) is 5.82 Å². The fraction of sp³-hybridized carbons (Fsp3) is 0.200. The van der Waals surface area contributed by atoms with Crippen molar-refractivity contribution < 1.29 is 4.39 Å². The smallest absolute Gasteiger partial charge is 0.125 e. The average Bonchev–Trinajstić information content (AvgIpc) is 2.81. The summed E-state index contributed by atoms with van der Waals surface area (Å²) in [6.45, 7) is 0.860. The molecule has 0 aromatic heterocycles. The zero-order valence-electron chi connectivity index (χ0n) is 10.2. The molecule has 0 saturated heterocycles. The molecule has 1 nitrogen and oxygen atoms in total. The molecule has 0 unspecified atom stereocenters. The van der Waals surface area contributed by atoms with Crippen LogP contribution in [0.15, 0.2) is 36.4 Å². The van der Waals surface area contributed by atoms with Gasteiger partial charge in [0.1, 0.15) is 5.82 Å². The molecule has 1 aliphatic rings. The van der Waals surface area contributed by atoms with Gasteiger partial charge in [0.05, 0.1) is 0 Å². The summed E-state index contributed by atoms with van der Waals surface area (Å²) in [5, 5.41) is 1.42. The first-order chi connectivity index (χ1) is 9.20. The molecule has 19 heavy (non-hydrogen) atoms. The maximum atomic E-state index is 13.5. The normalized spacial score (nSPS) is 13.7. The van der Waals surface area contributed by atoms with Gasteiger partial charge in [0.2, 0.25) is 0 Å². The van der Waals surface area contributed by atoms with Crippen LogP contribution in [-0.4, -0.2) is 6.54 Å². The number of halogens is 3. The summed E-state index contributed by atoms with van der Waals surface area (Å²) < 4.78 is 13.5. The lowest BCUT2D eigenvalue weighted by Crippen LogP contribution is -2.15. The Labute approximate surface area is 125 Å². The maximum Gasteiger partial charge on any atom is 0.125 e. The van der Waals surface area contributed by atoms with Crippen molar-refractivity contribution in [3.05, 3.63) is 58.4 Å². The van der Waals surface area contributed by atoms with Gasteiger partial charge in [-0.3, -0.25) is 0 Å². The Bertz CT molecular complexity index is 630. The topological polar surface area (TPSA) is 3.24 Å². The molecule has 0 N–H and O–H groups in total. The van der Waals surface area contributed by atoms with E-state index < -0.39 is 0 Å². The van der Waals surface area contributed by atoms with Crippen molar-refractivity contribution in [2.24, 2.45) is 0 Å². The van der Waals surface area contributed by atoms with Crippen LogP contribution in [-0.2, 0) is 11.8 Å². The Morgan fingerprint density at radius 2 is 2.05 bits per heavy atom. The van der Waals surface area contributed by atoms with Crippen molar-refractivity contribution in [3.8, 4) is 0 Å². The highest BCUT2D eigenvalue weighted by molar-refractivity contribution is 9.08. The minimum absolute atomic E-state index is 0.201. The second kappa shape index (κ2) is 5.14. The van der Waals surface area contributed by atoms with E-state index in [2.05, 4.69) is 20.8 Å². The average molecular weight is 341 g/mol. The first kappa shape index (κ1) is 12.9. The zero-order valence-corrected chi connectivity index (χ0v) is 12.5. The monoisotopic (exact) mass is 339 g/mol. The highest BCUT2D eigenvalue weighted by atomic mass is 79.9. The largest absolute Gasteiger partial charge is 0.341 e. The van der Waals surface area contributed by atoms with E-state index in [9.17, 15) is 4.39 Å². The van der Waals surface area contributed by atoms with Crippen molar-refractivity contribution >= 4 is 38.9 Å². The van der Waals surface area contributed by atoms with Gasteiger partial charge in [-0.2, -0.15) is 0 Å². The van der Waals surface area contributed by atoms with Crippen LogP contribution in [0, 0.1) is 5.82 Å². The maximum absolute atomic E-state index is 13.5. The van der Waals surface area contributed by atoms with Crippen LogP contribution in [0.25, 0.3) is 0 Å². The number of fused-ring (bicyclic) bond motifs is 1. The predicted molar refractivity (Wildman–Crippen MR) is 81.2 cm³/mol. The van der Waals surface area contributed by atoms with Crippen LogP contribution < -0.4 is 4.90 Å². The highest BCUT2D eigenvalue weighted by Gasteiger charge is 2.23. The molecule has 0 aliphatic carbocycles. The van der Waals surface area contributed by atoms with Gasteiger partial charge in [-0.1, -0.05) is 39.7 Å². The quantitative estimate of drug-likeness (QED) is 0.690. The molecule has 3 rings (SSSR count). The Kier molecular flexibility index (Phi) is 3.50. The van der Waals surface area contributed by atoms with Crippen LogP contribution in [0.4, 0.5) is 15.8 Å². The van der Waals surface area contributed by atoms with E-state index >= 15 is 0 Å². The van der Waals surface area contributed by atoms with Gasteiger partial charge >= 0.3 is 0 Å². The molecule has 0 fully saturated rings. The summed E-state index contributed by atoms with van der Waals surface area (Å²) in [6.07, 6.45) is 0.934. The molecule has 0 spiro atoms. The number of hydrogen-bond acceptors (Lipinski definition) is 1. The molecule has 0 radical (unpaired) electrons. The van der Waals surface area contributed by atoms with E-state index in [0.29, 0.717) is 5.33 Å². The number of anilines is 2. The fourth-order valence-electron chi connectivity index (χ4n) is 2.54. The molecular formula is C15H12BrClFN. The highest BCUT2D eigenvalue weighted by Crippen LogP contribution is 2.39. The SMILES string of the molecule is Fc1ccc2c(c1)N(c1cccc(Cl)c1CBr)CC2. The molecule has 1 heterocycles. The summed E-state index contributed by atoms with van der Waals surface area (Å²) in [4.78, 5) is 2.14. The van der Waals surface area contributed by atoms with Crippen molar-refractivity contribution in [3.63, 3.8) is 0 Å². The Hall–Kier alpha value is -1.06. The molecule has 0 amide bonds. The van der Waals surface area contributed by atoms with E-state index in [1.165, 1.54) is 11.6 Å². The van der Waals surface area contributed by atoms with Crippen molar-refractivity contribution in [1.29, 1.82) is 0 Å². The number of benzene rings is 2. The molecule has 98 valence electrons. The van der Waals surface area contributed by atoms with Gasteiger partial charge in [0.25, 0.3) is 0 Å². The zero-order chi connectivity index (χ0) is 13.4. The lowest BCUT2D eigenvalue weighted by atomic mass is 10.1. The summed E-state index contributed by atoms with van der Waals surface area (Å²) in [7, 11) is 0. The Morgan fingerprint density at radius 3 is 2.84 bits per heavy atom. The molecule has 1 aliphatic heterocycles. The summed E-state index contributed by atoms with van der Waals surface area (Å²) in [6, 6.07) is 10.8. The number of alkyl halides is 1. The molecule has 4 heteroatoms. The van der Waals surface area contributed by atoms with Crippen molar-refractivity contribution in [2.45, 2.75) is 11.8 Å². The van der Waals surface area contributed by atoms with Crippen LogP contribution in [0.3, 0.4) is 0 Å². The second-order valence-electron chi connectivity index (χ2n) is 4.55. The molecular weight excluding hydrogens is 329 g/mol. The molecule has 2 aromatic rings. The van der Waals surface area contributed by atoms with Gasteiger partial charge in [-0.05, 0) is 36.2 Å². The van der Waals surface area contributed by atoms with Crippen molar-refractivity contribution in [2.75, 3.05) is 11.4 Å². The Morgan fingerprint density at radius 1 is 1.21 bits per heavy atom. The number of hydrogen-bond donors (Lipinski definition) is 0. The van der Waals surface area contributed by atoms with Crippen LogP contribution in [0.5, 0.6) is 0 Å². The lowest BCUT2D eigenvalue weighted by Gasteiger charge is -2.23. The molecule has 0 saturated carbocycles. The van der Waals surface area contributed by atoms with Gasteiger partial charge in [0, 0.05) is 33.8 Å². The first-order valence-electron chi connectivity index (χ1n) is 6.10. The molecule has 2 aromatic carbocycles. The third-order valence-corrected chi connectivity index (χ3v) is 4.38. The van der Waals surface area contributed by atoms with E-state index in [4.69, 9.17) is 11.6 Å². The molecule has 0 bridgehead atoms. The van der Waals surface area contributed by atoms with Crippen LogP contribution in [0.1, 0.15) is 11.1 Å². The van der Waals surface area contributed by atoms with E-state index in [0.717, 1.165) is 34.9 Å². The summed E-state index contributed by atoms with van der Waals surface area (Å²) in [5.74, 6) is -0.201. The van der Waals surface area contributed by atoms with Gasteiger partial charge < -0.3 is 4.90 Å². The van der Waals surface area contributed by atoms with Gasteiger partial charge in [0.15, 0.2) is 0 Å². The standard InChI is InChI=1S/C15H12BrClFN/c16-9-12-13(17)2-1-3-14(12)19-7-6-10-4-5-11(18)8-15(10)19/h1-5,8H,6-7,9H2. The third kappa shape index (κ3) is 2.26. The van der Waals surface area contributed by atoms with Crippen LogP contribution >= 0.6 is 27.5 Å². The van der Waals surface area contributed by atoms with E-state index in [1.54, 1.807) is 6.07 Å². The van der Waals surface area contributed by atoms with Gasteiger partial charge in [-0.25, -0.2) is 4.39 Å². The summed E-state index contributed by atoms with van der Waals surface area (Å²) >= 11 is 9.71. The third-order valence-electron chi connectivity index (χ3n) is 3.46. The van der Waals surface area contributed by atoms with Crippen molar-refractivity contribution in [1.82, 2.24) is 0 Å². The fourth-order valence-corrected chi connectivity index (χ4v) is 3.52. The number of nitrogens with zero attached hydrogens (tertiary/aromatic N) is 1. The summed E-state index contributed by atoms with van der Waals surface area (Å²) in [5.41, 5.74) is 4.22. The minimum Gasteiger partial charge on any atom is -0.341 e. The Balaban J connectivity index is 2.11. The minimum atomic E-state index is -0.201. The molecule has 0 atom stereocenters.